The Morgan fingerprint density at radius 1 is 1.29 bits per heavy atom. The third-order valence-corrected chi connectivity index (χ3v) is 3.57. The monoisotopic (exact) mass is 274 g/mol. The van der Waals surface area contributed by atoms with Gasteiger partial charge in [0.25, 0.3) is 0 Å². The molecule has 1 aliphatic heterocycles. The summed E-state index contributed by atoms with van der Waals surface area (Å²) in [6, 6.07) is 0. The minimum atomic E-state index is 0.231. The van der Waals surface area contributed by atoms with E-state index in [0.29, 0.717) is 16.9 Å². The number of ether oxygens (including phenoxy) is 1. The first-order valence-electron chi connectivity index (χ1n) is 6.02. The van der Waals surface area contributed by atoms with E-state index in [2.05, 4.69) is 16.9 Å². The minimum absolute atomic E-state index is 0.231. The van der Waals surface area contributed by atoms with Crippen molar-refractivity contribution in [1.29, 1.82) is 0 Å². The summed E-state index contributed by atoms with van der Waals surface area (Å²) < 4.78 is 5.43. The molecular formula is C12H16Cl2N2O. The van der Waals surface area contributed by atoms with Crippen molar-refractivity contribution in [3.05, 3.63) is 21.7 Å². The maximum absolute atomic E-state index is 6.16. The van der Waals surface area contributed by atoms with Crippen LogP contribution in [0, 0.1) is 0 Å². The van der Waals surface area contributed by atoms with Gasteiger partial charge in [-0.15, -0.1) is 0 Å². The molecule has 0 aliphatic carbocycles. The lowest BCUT2D eigenvalue weighted by atomic mass is 10.0. The van der Waals surface area contributed by atoms with Crippen LogP contribution in [0.1, 0.15) is 43.5 Å². The SMILES string of the molecule is CCCc1c(Cl)nc(C2CCCOC2)nc1Cl. The van der Waals surface area contributed by atoms with Crippen LogP contribution in [0.2, 0.25) is 10.3 Å². The standard InChI is InChI=1S/C12H16Cl2N2O/c1-2-4-9-10(13)15-12(16-11(9)14)8-5-3-6-17-7-8/h8H,2-7H2,1H3. The molecule has 0 radical (unpaired) electrons. The summed E-state index contributed by atoms with van der Waals surface area (Å²) in [5.41, 5.74) is 0.858. The first-order chi connectivity index (χ1) is 8.22. The summed E-state index contributed by atoms with van der Waals surface area (Å²) >= 11 is 12.3. The van der Waals surface area contributed by atoms with E-state index >= 15 is 0 Å². The molecule has 3 nitrogen and oxygen atoms in total. The molecule has 1 fully saturated rings. The Bertz CT molecular complexity index is 369. The van der Waals surface area contributed by atoms with Gasteiger partial charge >= 0.3 is 0 Å². The Morgan fingerprint density at radius 2 is 2.00 bits per heavy atom. The average molecular weight is 275 g/mol. The van der Waals surface area contributed by atoms with Gasteiger partial charge in [-0.3, -0.25) is 0 Å². The second kappa shape index (κ2) is 5.98. The Balaban J connectivity index is 2.24. The highest BCUT2D eigenvalue weighted by atomic mass is 35.5. The van der Waals surface area contributed by atoms with Gasteiger partial charge in [-0.05, 0) is 19.3 Å². The van der Waals surface area contributed by atoms with Gasteiger partial charge in [0.1, 0.15) is 16.1 Å². The van der Waals surface area contributed by atoms with Crippen molar-refractivity contribution in [3.8, 4) is 0 Å². The molecule has 1 aromatic heterocycles. The van der Waals surface area contributed by atoms with Gasteiger partial charge in [-0.2, -0.15) is 0 Å². The number of hydrogen-bond donors (Lipinski definition) is 0. The molecule has 0 aromatic carbocycles. The number of rotatable bonds is 3. The molecule has 0 bridgehead atoms. The van der Waals surface area contributed by atoms with Gasteiger partial charge < -0.3 is 4.74 Å². The van der Waals surface area contributed by atoms with Crippen molar-refractivity contribution >= 4 is 23.2 Å². The lowest BCUT2D eigenvalue weighted by Crippen LogP contribution is -2.18. The predicted molar refractivity (Wildman–Crippen MR) is 68.8 cm³/mol. The van der Waals surface area contributed by atoms with Crippen LogP contribution in [0.3, 0.4) is 0 Å². The second-order valence-electron chi connectivity index (χ2n) is 4.31. The first-order valence-corrected chi connectivity index (χ1v) is 6.77. The summed E-state index contributed by atoms with van der Waals surface area (Å²) in [6.45, 7) is 3.57. The maximum Gasteiger partial charge on any atom is 0.137 e. The van der Waals surface area contributed by atoms with Gasteiger partial charge in [0, 0.05) is 18.1 Å². The van der Waals surface area contributed by atoms with Gasteiger partial charge in [0.05, 0.1) is 6.61 Å². The summed E-state index contributed by atoms with van der Waals surface area (Å²) in [5.74, 6) is 0.953. The van der Waals surface area contributed by atoms with E-state index in [1.54, 1.807) is 0 Å². The van der Waals surface area contributed by atoms with E-state index in [1.807, 2.05) is 0 Å². The molecule has 0 amide bonds. The molecule has 2 heterocycles. The molecule has 0 saturated carbocycles. The zero-order valence-corrected chi connectivity index (χ0v) is 11.4. The van der Waals surface area contributed by atoms with Crippen molar-refractivity contribution in [1.82, 2.24) is 9.97 Å². The van der Waals surface area contributed by atoms with E-state index in [9.17, 15) is 0 Å². The summed E-state index contributed by atoms with van der Waals surface area (Å²) in [4.78, 5) is 8.73. The van der Waals surface area contributed by atoms with Crippen LogP contribution in [0.15, 0.2) is 0 Å². The molecule has 0 N–H and O–H groups in total. The smallest absolute Gasteiger partial charge is 0.137 e. The highest BCUT2D eigenvalue weighted by molar-refractivity contribution is 6.34. The van der Waals surface area contributed by atoms with Crippen LogP contribution in [0.4, 0.5) is 0 Å². The van der Waals surface area contributed by atoms with Crippen molar-refractivity contribution in [2.45, 2.75) is 38.5 Å². The molecule has 1 aromatic rings. The molecular weight excluding hydrogens is 259 g/mol. The summed E-state index contributed by atoms with van der Waals surface area (Å²) in [5, 5.41) is 0.986. The molecule has 1 atom stereocenters. The van der Waals surface area contributed by atoms with Crippen LogP contribution < -0.4 is 0 Å². The zero-order valence-electron chi connectivity index (χ0n) is 9.88. The normalized spacial score (nSPS) is 20.5. The van der Waals surface area contributed by atoms with Gasteiger partial charge in [0.15, 0.2) is 0 Å². The number of hydrogen-bond acceptors (Lipinski definition) is 3. The first kappa shape index (κ1) is 13.1. The fourth-order valence-electron chi connectivity index (χ4n) is 2.03. The minimum Gasteiger partial charge on any atom is -0.381 e. The van der Waals surface area contributed by atoms with Gasteiger partial charge in [-0.25, -0.2) is 9.97 Å². The van der Waals surface area contributed by atoms with E-state index < -0.39 is 0 Å². The number of nitrogens with zero attached hydrogens (tertiary/aromatic N) is 2. The van der Waals surface area contributed by atoms with Crippen LogP contribution >= 0.6 is 23.2 Å². The third kappa shape index (κ3) is 3.09. The fraction of sp³-hybridized carbons (Fsp3) is 0.667. The highest BCUT2D eigenvalue weighted by Gasteiger charge is 2.21. The highest BCUT2D eigenvalue weighted by Crippen LogP contribution is 2.28. The van der Waals surface area contributed by atoms with Crippen LogP contribution in [-0.4, -0.2) is 23.2 Å². The van der Waals surface area contributed by atoms with Crippen LogP contribution in [0.25, 0.3) is 0 Å². The summed E-state index contributed by atoms with van der Waals surface area (Å²) in [7, 11) is 0. The molecule has 17 heavy (non-hydrogen) atoms. The second-order valence-corrected chi connectivity index (χ2v) is 5.02. The lowest BCUT2D eigenvalue weighted by Gasteiger charge is -2.21. The van der Waals surface area contributed by atoms with Crippen molar-refractivity contribution in [3.63, 3.8) is 0 Å². The quantitative estimate of drug-likeness (QED) is 0.790. The molecule has 5 heteroatoms. The van der Waals surface area contributed by atoms with E-state index in [4.69, 9.17) is 27.9 Å². The molecule has 2 rings (SSSR count). The molecule has 1 unspecified atom stereocenters. The van der Waals surface area contributed by atoms with Gasteiger partial charge in [-0.1, -0.05) is 36.5 Å². The summed E-state index contributed by atoms with van der Waals surface area (Å²) in [6.07, 6.45) is 3.88. The predicted octanol–water partition coefficient (Wildman–Crippen LogP) is 3.63. The topological polar surface area (TPSA) is 35.0 Å². The Kier molecular flexibility index (Phi) is 4.60. The number of halogens is 2. The Labute approximate surface area is 112 Å². The molecule has 94 valence electrons. The Hall–Kier alpha value is -0.380. The fourth-order valence-corrected chi connectivity index (χ4v) is 2.62. The van der Waals surface area contributed by atoms with Crippen LogP contribution in [0.5, 0.6) is 0 Å². The van der Waals surface area contributed by atoms with Crippen molar-refractivity contribution < 1.29 is 4.74 Å². The van der Waals surface area contributed by atoms with Gasteiger partial charge in [0.2, 0.25) is 0 Å². The van der Waals surface area contributed by atoms with E-state index in [1.165, 1.54) is 0 Å². The number of aromatic nitrogens is 2. The van der Waals surface area contributed by atoms with E-state index in [0.717, 1.165) is 43.7 Å². The molecule has 1 saturated heterocycles. The van der Waals surface area contributed by atoms with Crippen molar-refractivity contribution in [2.24, 2.45) is 0 Å². The average Bonchev–Trinajstić information content (AvgIpc) is 2.35. The third-order valence-electron chi connectivity index (χ3n) is 2.95. The van der Waals surface area contributed by atoms with Crippen molar-refractivity contribution in [2.75, 3.05) is 13.2 Å². The van der Waals surface area contributed by atoms with Crippen LogP contribution in [-0.2, 0) is 11.2 Å². The molecule has 1 aliphatic rings. The van der Waals surface area contributed by atoms with E-state index in [-0.39, 0.29) is 5.92 Å². The maximum atomic E-state index is 6.16. The Morgan fingerprint density at radius 3 is 2.53 bits per heavy atom. The largest absolute Gasteiger partial charge is 0.381 e. The zero-order chi connectivity index (χ0) is 12.3. The lowest BCUT2D eigenvalue weighted by molar-refractivity contribution is 0.0780. The molecule has 0 spiro atoms.